The van der Waals surface area contributed by atoms with E-state index in [0.29, 0.717) is 5.76 Å². The van der Waals surface area contributed by atoms with Gasteiger partial charge in [-0.05, 0) is 42.0 Å². The first-order valence-corrected chi connectivity index (χ1v) is 11.2. The second-order valence-corrected chi connectivity index (χ2v) is 9.08. The molecule has 1 aromatic carbocycles. The second kappa shape index (κ2) is 11.1. The number of amides is 1. The van der Waals surface area contributed by atoms with Crippen LogP contribution in [0.4, 0.5) is 0 Å². The molecule has 0 aliphatic heterocycles. The lowest BCUT2D eigenvalue weighted by atomic mass is 10.2. The van der Waals surface area contributed by atoms with Crippen LogP contribution in [0.3, 0.4) is 0 Å². The van der Waals surface area contributed by atoms with Crippen LogP contribution in [0.1, 0.15) is 11.3 Å². The number of nitrogens with zero attached hydrogens (tertiary/aromatic N) is 3. The fraction of sp³-hybridized carbons (Fsp3) is 0.111. The lowest BCUT2D eigenvalue weighted by Gasteiger charge is -1.98. The van der Waals surface area contributed by atoms with E-state index in [1.807, 2.05) is 30.3 Å². The van der Waals surface area contributed by atoms with Crippen molar-refractivity contribution in [2.24, 2.45) is 5.10 Å². The van der Waals surface area contributed by atoms with E-state index in [-0.39, 0.29) is 11.7 Å². The number of hydrogen-bond acceptors (Lipinski definition) is 8. The Kier molecular flexibility index (Phi) is 8.16. The van der Waals surface area contributed by atoms with Crippen molar-refractivity contribution in [2.45, 2.75) is 14.4 Å². The minimum absolute atomic E-state index is 0.210. The first-order chi connectivity index (χ1) is 13.7. The first kappa shape index (κ1) is 20.7. The fourth-order valence-corrected chi connectivity index (χ4v) is 4.77. The number of carbonyl (C=O) groups is 1. The number of aromatic nitrogens is 2. The lowest BCUT2D eigenvalue weighted by Crippen LogP contribution is -2.19. The molecule has 0 aliphatic rings. The number of carbonyl (C=O) groups excluding carboxylic acids is 1. The zero-order chi connectivity index (χ0) is 19.6. The lowest BCUT2D eigenvalue weighted by molar-refractivity contribution is -0.118. The average Bonchev–Trinajstić information content (AvgIpc) is 3.38. The molecular formula is C18H15ClN4O2S3. The Morgan fingerprint density at radius 3 is 2.75 bits per heavy atom. The number of rotatable bonds is 9. The number of nitrogens with one attached hydrogen (secondary N) is 1. The number of benzene rings is 1. The molecule has 1 N–H and O–H groups in total. The number of allylic oxidation sites excluding steroid dienone is 1. The molecule has 0 radical (unpaired) electrons. The third-order valence-electron chi connectivity index (χ3n) is 3.14. The number of halogens is 1. The molecule has 144 valence electrons. The summed E-state index contributed by atoms with van der Waals surface area (Å²) in [5, 5.41) is 12.8. The summed E-state index contributed by atoms with van der Waals surface area (Å²) in [6.45, 7) is 0. The predicted octanol–water partition coefficient (Wildman–Crippen LogP) is 4.98. The summed E-state index contributed by atoms with van der Waals surface area (Å²) in [6, 6.07) is 11.3. The van der Waals surface area contributed by atoms with Crippen molar-refractivity contribution in [3.8, 4) is 0 Å². The van der Waals surface area contributed by atoms with Gasteiger partial charge in [-0.3, -0.25) is 4.79 Å². The van der Waals surface area contributed by atoms with Crippen molar-refractivity contribution in [3.63, 3.8) is 0 Å². The maximum absolute atomic E-state index is 11.8. The zero-order valence-corrected chi connectivity index (χ0v) is 17.7. The number of furan rings is 1. The molecule has 2 aromatic heterocycles. The molecule has 0 bridgehead atoms. The van der Waals surface area contributed by atoms with E-state index >= 15 is 0 Å². The molecule has 0 fully saturated rings. The molecule has 0 unspecified atom stereocenters. The fourth-order valence-electron chi connectivity index (χ4n) is 1.88. The monoisotopic (exact) mass is 450 g/mol. The zero-order valence-electron chi connectivity index (χ0n) is 14.4. The van der Waals surface area contributed by atoms with Crippen molar-refractivity contribution in [2.75, 3.05) is 5.75 Å². The Hall–Kier alpha value is -2.07. The van der Waals surface area contributed by atoms with Gasteiger partial charge in [0.05, 0.1) is 12.0 Å². The van der Waals surface area contributed by atoms with E-state index in [1.165, 1.54) is 29.3 Å². The first-order valence-electron chi connectivity index (χ1n) is 8.04. The molecule has 3 aromatic rings. The SMILES string of the molecule is O=C(CSc1nnc(SCc2ccc(Cl)cc2)s1)N/N=C/C=C/c1ccco1. The van der Waals surface area contributed by atoms with E-state index in [4.69, 9.17) is 16.0 Å². The van der Waals surface area contributed by atoms with Crippen molar-refractivity contribution in [1.29, 1.82) is 0 Å². The summed E-state index contributed by atoms with van der Waals surface area (Å²) in [7, 11) is 0. The minimum Gasteiger partial charge on any atom is -0.465 e. The number of hydrazone groups is 1. The molecule has 0 saturated heterocycles. The van der Waals surface area contributed by atoms with Gasteiger partial charge in [0.15, 0.2) is 8.68 Å². The van der Waals surface area contributed by atoms with E-state index in [0.717, 1.165) is 25.0 Å². The standard InChI is InChI=1S/C18H15ClN4O2S3/c19-14-7-5-13(6-8-14)11-26-17-22-23-18(28-17)27-12-16(24)21-20-9-1-3-15-4-2-10-25-15/h1-10H,11-12H2,(H,21,24)/b3-1+,20-9+. The van der Waals surface area contributed by atoms with Crippen LogP contribution in [0, 0.1) is 0 Å². The van der Waals surface area contributed by atoms with Crippen LogP contribution in [-0.2, 0) is 10.5 Å². The molecule has 0 spiro atoms. The Morgan fingerprint density at radius 1 is 1.21 bits per heavy atom. The second-order valence-electron chi connectivity index (χ2n) is 5.23. The van der Waals surface area contributed by atoms with Gasteiger partial charge < -0.3 is 4.42 Å². The van der Waals surface area contributed by atoms with Gasteiger partial charge in [0, 0.05) is 17.0 Å². The predicted molar refractivity (Wildman–Crippen MR) is 116 cm³/mol. The highest BCUT2D eigenvalue weighted by Gasteiger charge is 2.08. The summed E-state index contributed by atoms with van der Waals surface area (Å²) in [4.78, 5) is 11.8. The Bertz CT molecular complexity index is 940. The van der Waals surface area contributed by atoms with Crippen LogP contribution in [-0.4, -0.2) is 28.1 Å². The highest BCUT2D eigenvalue weighted by Crippen LogP contribution is 2.30. The van der Waals surface area contributed by atoms with Crippen molar-refractivity contribution >= 4 is 64.7 Å². The molecular weight excluding hydrogens is 436 g/mol. The van der Waals surface area contributed by atoms with Crippen molar-refractivity contribution < 1.29 is 9.21 Å². The van der Waals surface area contributed by atoms with E-state index in [1.54, 1.807) is 36.2 Å². The quantitative estimate of drug-likeness (QED) is 0.281. The van der Waals surface area contributed by atoms with Gasteiger partial charge in [-0.2, -0.15) is 5.10 Å². The molecule has 2 heterocycles. The van der Waals surface area contributed by atoms with Crippen molar-refractivity contribution in [3.05, 3.63) is 65.1 Å². The van der Waals surface area contributed by atoms with E-state index in [2.05, 4.69) is 20.7 Å². The molecule has 0 aliphatic carbocycles. The van der Waals surface area contributed by atoms with Crippen LogP contribution in [0.25, 0.3) is 6.08 Å². The average molecular weight is 451 g/mol. The van der Waals surface area contributed by atoms with Crippen LogP contribution < -0.4 is 5.43 Å². The molecule has 3 rings (SSSR count). The molecule has 0 saturated carbocycles. The van der Waals surface area contributed by atoms with Gasteiger partial charge in [-0.1, -0.05) is 58.6 Å². The minimum atomic E-state index is -0.210. The highest BCUT2D eigenvalue weighted by molar-refractivity contribution is 8.03. The maximum Gasteiger partial charge on any atom is 0.250 e. The number of thioether (sulfide) groups is 2. The van der Waals surface area contributed by atoms with E-state index in [9.17, 15) is 4.79 Å². The van der Waals surface area contributed by atoms with Gasteiger partial charge in [0.1, 0.15) is 5.76 Å². The van der Waals surface area contributed by atoms with Gasteiger partial charge in [-0.25, -0.2) is 5.43 Å². The Balaban J connectivity index is 1.36. The summed E-state index contributed by atoms with van der Waals surface area (Å²) in [5.74, 6) is 1.51. The molecule has 10 heteroatoms. The highest BCUT2D eigenvalue weighted by atomic mass is 35.5. The number of hydrogen-bond donors (Lipinski definition) is 1. The summed E-state index contributed by atoms with van der Waals surface area (Å²) < 4.78 is 6.75. The van der Waals surface area contributed by atoms with Gasteiger partial charge in [-0.15, -0.1) is 10.2 Å². The molecule has 28 heavy (non-hydrogen) atoms. The summed E-state index contributed by atoms with van der Waals surface area (Å²) >= 11 is 10.3. The van der Waals surface area contributed by atoms with Crippen LogP contribution in [0.2, 0.25) is 5.02 Å². The summed E-state index contributed by atoms with van der Waals surface area (Å²) in [6.07, 6.45) is 6.50. The molecule has 0 atom stereocenters. The topological polar surface area (TPSA) is 80.4 Å². The normalized spacial score (nSPS) is 11.5. The smallest absolute Gasteiger partial charge is 0.250 e. The Morgan fingerprint density at radius 2 is 2.00 bits per heavy atom. The van der Waals surface area contributed by atoms with Gasteiger partial charge in [0.2, 0.25) is 0 Å². The Labute approximate surface area is 179 Å². The summed E-state index contributed by atoms with van der Waals surface area (Å²) in [5.41, 5.74) is 3.62. The van der Waals surface area contributed by atoms with Gasteiger partial charge in [0.25, 0.3) is 5.91 Å². The third-order valence-corrected chi connectivity index (χ3v) is 6.66. The van der Waals surface area contributed by atoms with Gasteiger partial charge >= 0.3 is 0 Å². The molecule has 6 nitrogen and oxygen atoms in total. The maximum atomic E-state index is 11.8. The van der Waals surface area contributed by atoms with E-state index < -0.39 is 0 Å². The van der Waals surface area contributed by atoms with Crippen LogP contribution >= 0.6 is 46.5 Å². The van der Waals surface area contributed by atoms with Crippen LogP contribution in [0.5, 0.6) is 0 Å². The molecule has 1 amide bonds. The largest absolute Gasteiger partial charge is 0.465 e. The van der Waals surface area contributed by atoms with Crippen molar-refractivity contribution in [1.82, 2.24) is 15.6 Å². The third kappa shape index (κ3) is 7.16. The van der Waals surface area contributed by atoms with Crippen LogP contribution in [0.15, 0.2) is 66.9 Å².